The molecular weight excluding hydrogens is 352 g/mol. The van der Waals surface area contributed by atoms with Gasteiger partial charge in [-0.3, -0.25) is 0 Å². The van der Waals surface area contributed by atoms with Gasteiger partial charge in [0.25, 0.3) is 0 Å². The second kappa shape index (κ2) is 7.74. The molecule has 0 radical (unpaired) electrons. The number of ether oxygens (including phenoxy) is 3. The number of hydrogen-bond donors (Lipinski definition) is 0. The Bertz CT molecular complexity index is 616. The Morgan fingerprint density at radius 1 is 1.18 bits per heavy atom. The maximum Gasteiger partial charge on any atom is 0.347 e. The van der Waals surface area contributed by atoms with Crippen molar-refractivity contribution < 1.29 is 19.0 Å². The largest absolute Gasteiger partial charge is 0.479 e. The van der Waals surface area contributed by atoms with Gasteiger partial charge in [0.1, 0.15) is 11.5 Å². The maximum atomic E-state index is 11.5. The minimum atomic E-state index is -0.665. The van der Waals surface area contributed by atoms with E-state index in [-0.39, 0.29) is 6.01 Å². The number of carbonyl (C=O) groups excluding carboxylic acids is 1. The van der Waals surface area contributed by atoms with Gasteiger partial charge < -0.3 is 14.2 Å². The SMILES string of the molecule is CCOC(=O)C(C)Oc1ccc(Oc2ncc(Br)cn2)cc1. The quantitative estimate of drug-likeness (QED) is 0.730. The van der Waals surface area contributed by atoms with Crippen molar-refractivity contribution in [3.63, 3.8) is 0 Å². The first kappa shape index (κ1) is 16.2. The van der Waals surface area contributed by atoms with Gasteiger partial charge >= 0.3 is 12.0 Å². The standard InChI is InChI=1S/C15H15BrN2O4/c1-3-20-14(19)10(2)21-12-4-6-13(7-5-12)22-15-17-8-11(16)9-18-15/h4-10H,3H2,1-2H3. The number of hydrogen-bond acceptors (Lipinski definition) is 6. The van der Waals surface area contributed by atoms with Gasteiger partial charge in [0.2, 0.25) is 0 Å². The Labute approximate surface area is 136 Å². The summed E-state index contributed by atoms with van der Waals surface area (Å²) in [6.45, 7) is 3.71. The van der Waals surface area contributed by atoms with Gasteiger partial charge in [-0.05, 0) is 54.0 Å². The Morgan fingerprint density at radius 3 is 2.36 bits per heavy atom. The van der Waals surface area contributed by atoms with E-state index in [0.717, 1.165) is 4.47 Å². The second-order valence-corrected chi connectivity index (χ2v) is 5.19. The van der Waals surface area contributed by atoms with Crippen LogP contribution in [0.2, 0.25) is 0 Å². The fourth-order valence-electron chi connectivity index (χ4n) is 1.56. The zero-order chi connectivity index (χ0) is 15.9. The molecule has 1 unspecified atom stereocenters. The van der Waals surface area contributed by atoms with Gasteiger partial charge in [-0.25, -0.2) is 14.8 Å². The molecule has 7 heteroatoms. The van der Waals surface area contributed by atoms with Gasteiger partial charge in [0.05, 0.1) is 11.1 Å². The molecule has 6 nitrogen and oxygen atoms in total. The lowest BCUT2D eigenvalue weighted by Crippen LogP contribution is -2.25. The van der Waals surface area contributed by atoms with Gasteiger partial charge in [0, 0.05) is 12.4 Å². The fourth-order valence-corrected chi connectivity index (χ4v) is 1.76. The molecule has 116 valence electrons. The van der Waals surface area contributed by atoms with E-state index in [2.05, 4.69) is 25.9 Å². The van der Waals surface area contributed by atoms with Crippen LogP contribution in [0.3, 0.4) is 0 Å². The molecule has 1 atom stereocenters. The number of esters is 1. The molecule has 0 bridgehead atoms. The highest BCUT2D eigenvalue weighted by atomic mass is 79.9. The summed E-state index contributed by atoms with van der Waals surface area (Å²) in [5, 5.41) is 0. The van der Waals surface area contributed by atoms with E-state index in [0.29, 0.717) is 18.1 Å². The highest BCUT2D eigenvalue weighted by Gasteiger charge is 2.15. The first-order valence-corrected chi connectivity index (χ1v) is 7.46. The predicted molar refractivity (Wildman–Crippen MR) is 83.0 cm³/mol. The number of benzene rings is 1. The minimum Gasteiger partial charge on any atom is -0.479 e. The highest BCUT2D eigenvalue weighted by Crippen LogP contribution is 2.22. The summed E-state index contributed by atoms with van der Waals surface area (Å²) in [4.78, 5) is 19.5. The van der Waals surface area contributed by atoms with Crippen LogP contribution >= 0.6 is 15.9 Å². The van der Waals surface area contributed by atoms with Gasteiger partial charge in [-0.2, -0.15) is 0 Å². The zero-order valence-corrected chi connectivity index (χ0v) is 13.7. The average Bonchev–Trinajstić information content (AvgIpc) is 2.51. The maximum absolute atomic E-state index is 11.5. The normalized spacial score (nSPS) is 11.6. The van der Waals surface area contributed by atoms with Crippen LogP contribution in [-0.4, -0.2) is 28.6 Å². The van der Waals surface area contributed by atoms with E-state index in [9.17, 15) is 4.79 Å². The summed E-state index contributed by atoms with van der Waals surface area (Å²) in [5.41, 5.74) is 0. The molecule has 1 aromatic heterocycles. The zero-order valence-electron chi connectivity index (χ0n) is 12.2. The summed E-state index contributed by atoms with van der Waals surface area (Å²) in [7, 11) is 0. The summed E-state index contributed by atoms with van der Waals surface area (Å²) in [6.07, 6.45) is 2.53. The Kier molecular flexibility index (Phi) is 5.71. The van der Waals surface area contributed by atoms with Crippen LogP contribution in [0, 0.1) is 0 Å². The molecule has 0 N–H and O–H groups in total. The Balaban J connectivity index is 1.95. The van der Waals surface area contributed by atoms with E-state index in [1.807, 2.05) is 0 Å². The highest BCUT2D eigenvalue weighted by molar-refractivity contribution is 9.10. The molecule has 0 saturated heterocycles. The van der Waals surface area contributed by atoms with E-state index >= 15 is 0 Å². The van der Waals surface area contributed by atoms with Crippen molar-refractivity contribution in [1.82, 2.24) is 9.97 Å². The van der Waals surface area contributed by atoms with Crippen LogP contribution in [0.25, 0.3) is 0 Å². The van der Waals surface area contributed by atoms with Crippen molar-refractivity contribution in [3.8, 4) is 17.5 Å². The molecule has 0 saturated carbocycles. The summed E-state index contributed by atoms with van der Waals surface area (Å²) in [6, 6.07) is 7.06. The van der Waals surface area contributed by atoms with E-state index in [4.69, 9.17) is 14.2 Å². The van der Waals surface area contributed by atoms with Crippen molar-refractivity contribution in [1.29, 1.82) is 0 Å². The summed E-state index contributed by atoms with van der Waals surface area (Å²) >= 11 is 3.25. The number of nitrogens with zero attached hydrogens (tertiary/aromatic N) is 2. The lowest BCUT2D eigenvalue weighted by atomic mass is 10.3. The smallest absolute Gasteiger partial charge is 0.347 e. The molecule has 1 aromatic carbocycles. The first-order valence-electron chi connectivity index (χ1n) is 6.67. The number of aromatic nitrogens is 2. The minimum absolute atomic E-state index is 0.247. The van der Waals surface area contributed by atoms with Crippen molar-refractivity contribution in [2.45, 2.75) is 20.0 Å². The molecule has 2 rings (SSSR count). The van der Waals surface area contributed by atoms with Crippen LogP contribution in [0.4, 0.5) is 0 Å². The molecule has 0 aliphatic heterocycles. The lowest BCUT2D eigenvalue weighted by molar-refractivity contribution is -0.150. The summed E-state index contributed by atoms with van der Waals surface area (Å²) < 4.78 is 16.6. The molecule has 0 fully saturated rings. The van der Waals surface area contributed by atoms with Gasteiger partial charge in [-0.1, -0.05) is 0 Å². The van der Waals surface area contributed by atoms with Crippen molar-refractivity contribution in [2.75, 3.05) is 6.61 Å². The fraction of sp³-hybridized carbons (Fsp3) is 0.267. The molecule has 22 heavy (non-hydrogen) atoms. The number of halogens is 1. The molecular formula is C15H15BrN2O4. The third-order valence-corrected chi connectivity index (χ3v) is 2.97. The molecule has 0 spiro atoms. The predicted octanol–water partition coefficient (Wildman–Crippen LogP) is 3.36. The van der Waals surface area contributed by atoms with E-state index < -0.39 is 12.1 Å². The summed E-state index contributed by atoms with van der Waals surface area (Å²) in [5.74, 6) is 0.717. The van der Waals surface area contributed by atoms with Gasteiger partial charge in [-0.15, -0.1) is 0 Å². The van der Waals surface area contributed by atoms with Crippen LogP contribution < -0.4 is 9.47 Å². The average molecular weight is 367 g/mol. The van der Waals surface area contributed by atoms with E-state index in [1.165, 1.54) is 0 Å². The van der Waals surface area contributed by atoms with Crippen LogP contribution in [0.5, 0.6) is 17.5 Å². The first-order chi connectivity index (χ1) is 10.6. The molecule has 1 heterocycles. The van der Waals surface area contributed by atoms with Crippen molar-refractivity contribution in [2.24, 2.45) is 0 Å². The molecule has 2 aromatic rings. The third kappa shape index (κ3) is 4.70. The van der Waals surface area contributed by atoms with Crippen LogP contribution in [-0.2, 0) is 9.53 Å². The van der Waals surface area contributed by atoms with Crippen LogP contribution in [0.1, 0.15) is 13.8 Å². The lowest BCUT2D eigenvalue weighted by Gasteiger charge is -2.13. The molecule has 0 amide bonds. The second-order valence-electron chi connectivity index (χ2n) is 4.27. The third-order valence-electron chi connectivity index (χ3n) is 2.56. The number of rotatable bonds is 6. The molecule has 0 aliphatic carbocycles. The van der Waals surface area contributed by atoms with Crippen molar-refractivity contribution >= 4 is 21.9 Å². The number of carbonyl (C=O) groups is 1. The molecule has 0 aliphatic rings. The monoisotopic (exact) mass is 366 g/mol. The van der Waals surface area contributed by atoms with Crippen LogP contribution in [0.15, 0.2) is 41.1 Å². The topological polar surface area (TPSA) is 70.5 Å². The van der Waals surface area contributed by atoms with Gasteiger partial charge in [0.15, 0.2) is 6.10 Å². The Morgan fingerprint density at radius 2 is 1.77 bits per heavy atom. The van der Waals surface area contributed by atoms with E-state index in [1.54, 1.807) is 50.5 Å². The Hall–Kier alpha value is -2.15. The van der Waals surface area contributed by atoms with Crippen molar-refractivity contribution in [3.05, 3.63) is 41.1 Å².